The van der Waals surface area contributed by atoms with Crippen molar-refractivity contribution in [2.45, 2.75) is 9.79 Å². The molecule has 121 heavy (non-hydrogen) atoms. The highest BCUT2D eigenvalue weighted by Gasteiger charge is 2.22. The molecule has 0 aliphatic heterocycles. The molecule has 0 aliphatic carbocycles. The molecule has 0 radical (unpaired) electrons. The lowest BCUT2D eigenvalue weighted by atomic mass is 9.95. The van der Waals surface area contributed by atoms with Gasteiger partial charge in [0.15, 0.2) is 34.9 Å². The van der Waals surface area contributed by atoms with Gasteiger partial charge in [0.05, 0.1) is 0 Å². The molecule has 20 rings (SSSR count). The van der Waals surface area contributed by atoms with Gasteiger partial charge in [0.2, 0.25) is 0 Å². The van der Waals surface area contributed by atoms with Gasteiger partial charge in [-0.2, -0.15) is 0 Å². The Hall–Kier alpha value is -15.7. The summed E-state index contributed by atoms with van der Waals surface area (Å²) in [6.07, 6.45) is 0. The molecule has 0 fully saturated rings. The minimum atomic E-state index is 0.567. The van der Waals surface area contributed by atoms with Crippen molar-refractivity contribution in [1.82, 2.24) is 29.9 Å². The molecule has 0 bridgehead atoms. The van der Waals surface area contributed by atoms with Gasteiger partial charge in [0.1, 0.15) is 0 Å². The molecule has 7 heteroatoms. The zero-order valence-corrected chi connectivity index (χ0v) is 66.8. The lowest BCUT2D eigenvalue weighted by Gasteiger charge is -2.15. The molecular weight excluding hydrogens is 1490 g/mol. The number of benzene rings is 18. The van der Waals surface area contributed by atoms with Crippen LogP contribution in [0.15, 0.2) is 471 Å². The van der Waals surface area contributed by atoms with E-state index in [-0.39, 0.29) is 0 Å². The summed E-state index contributed by atoms with van der Waals surface area (Å²) >= 11 is 1.78. The molecule has 0 amide bonds. The van der Waals surface area contributed by atoms with Crippen molar-refractivity contribution in [3.05, 3.63) is 461 Å². The maximum Gasteiger partial charge on any atom is 0.164 e. The lowest BCUT2D eigenvalue weighted by Crippen LogP contribution is -2.01. The summed E-state index contributed by atoms with van der Waals surface area (Å²) in [6, 6.07) is 164. The first-order chi connectivity index (χ1) is 59.9. The van der Waals surface area contributed by atoms with Gasteiger partial charge in [-0.25, -0.2) is 29.9 Å². The van der Waals surface area contributed by atoms with Crippen LogP contribution < -0.4 is 0 Å². The quantitative estimate of drug-likeness (QED) is 0.0752. The summed E-state index contributed by atoms with van der Waals surface area (Å²) in [5.74, 6) is 3.43. The van der Waals surface area contributed by atoms with Crippen molar-refractivity contribution in [3.8, 4) is 202 Å². The summed E-state index contributed by atoms with van der Waals surface area (Å²) in [7, 11) is 0. The fourth-order valence-electron chi connectivity index (χ4n) is 16.0. The molecule has 2 heterocycles. The van der Waals surface area contributed by atoms with Crippen molar-refractivity contribution >= 4 is 11.8 Å². The molecule has 0 atom stereocenters. The molecule has 6 nitrogen and oxygen atoms in total. The second-order valence-corrected chi connectivity index (χ2v) is 31.2. The average Bonchev–Trinajstić information content (AvgIpc) is 0.778. The Bertz CT molecular complexity index is 6180. The largest absolute Gasteiger partial charge is 0.208 e. The van der Waals surface area contributed by atoms with E-state index in [0.717, 1.165) is 177 Å². The topological polar surface area (TPSA) is 77.3 Å². The third-order valence-electron chi connectivity index (χ3n) is 22.1. The van der Waals surface area contributed by atoms with Crippen LogP contribution >= 0.6 is 11.8 Å². The van der Waals surface area contributed by atoms with Crippen molar-refractivity contribution in [2.75, 3.05) is 0 Å². The van der Waals surface area contributed by atoms with Crippen LogP contribution in [0, 0.1) is 0 Å². The smallest absolute Gasteiger partial charge is 0.164 e. The number of hydrogen-bond donors (Lipinski definition) is 0. The predicted molar refractivity (Wildman–Crippen MR) is 502 cm³/mol. The molecule has 0 saturated carbocycles. The van der Waals surface area contributed by atoms with Crippen LogP contribution in [0.2, 0.25) is 0 Å². The summed E-state index contributed by atoms with van der Waals surface area (Å²) < 4.78 is 0. The number of hydrogen-bond acceptors (Lipinski definition) is 7. The number of aromatic nitrogens is 6. The second kappa shape index (κ2) is 33.9. The van der Waals surface area contributed by atoms with Crippen LogP contribution in [0.3, 0.4) is 0 Å². The Labute approximate surface area is 709 Å². The normalized spacial score (nSPS) is 11.2. The monoisotopic (exact) mass is 1560 g/mol. The fraction of sp³-hybridized carbons (Fsp3) is 0. The molecule has 0 unspecified atom stereocenters. The molecule has 18 aromatic carbocycles. The molecule has 2 aromatic heterocycles. The maximum atomic E-state index is 5.47. The van der Waals surface area contributed by atoms with Gasteiger partial charge >= 0.3 is 0 Å². The number of rotatable bonds is 20. The van der Waals surface area contributed by atoms with Crippen molar-refractivity contribution in [2.24, 2.45) is 0 Å². The first-order valence-electron chi connectivity index (χ1n) is 40.7. The Balaban J connectivity index is 0.640. The van der Waals surface area contributed by atoms with Crippen LogP contribution in [-0.2, 0) is 0 Å². The van der Waals surface area contributed by atoms with Gasteiger partial charge in [-0.3, -0.25) is 0 Å². The van der Waals surface area contributed by atoms with Crippen LogP contribution in [0.5, 0.6) is 0 Å². The fourth-order valence-corrected chi connectivity index (χ4v) is 17.2. The summed E-state index contributed by atoms with van der Waals surface area (Å²) in [5.41, 5.74) is 31.3. The van der Waals surface area contributed by atoms with Crippen LogP contribution in [0.25, 0.3) is 202 Å². The van der Waals surface area contributed by atoms with E-state index in [4.69, 9.17) is 29.9 Å². The van der Waals surface area contributed by atoms with Crippen molar-refractivity contribution in [3.63, 3.8) is 0 Å². The summed E-state index contributed by atoms with van der Waals surface area (Å²) in [4.78, 5) is 35.1. The van der Waals surface area contributed by atoms with E-state index in [9.17, 15) is 0 Å². The van der Waals surface area contributed by atoms with Crippen LogP contribution in [-0.4, -0.2) is 29.9 Å². The van der Waals surface area contributed by atoms with Gasteiger partial charge in [-0.1, -0.05) is 364 Å². The highest BCUT2D eigenvalue weighted by Crippen LogP contribution is 2.45. The Morgan fingerprint density at radius 2 is 0.256 bits per heavy atom. The summed E-state index contributed by atoms with van der Waals surface area (Å²) in [5, 5.41) is 0. The predicted octanol–water partition coefficient (Wildman–Crippen LogP) is 30.2. The first kappa shape index (κ1) is 74.2. The van der Waals surface area contributed by atoms with Gasteiger partial charge < -0.3 is 0 Å². The zero-order valence-electron chi connectivity index (χ0n) is 66.0. The van der Waals surface area contributed by atoms with E-state index in [0.29, 0.717) is 34.9 Å². The van der Waals surface area contributed by atoms with E-state index in [1.54, 1.807) is 11.8 Å². The molecule has 0 saturated heterocycles. The maximum absolute atomic E-state index is 5.47. The van der Waals surface area contributed by atoms with Crippen molar-refractivity contribution in [1.29, 1.82) is 0 Å². The Kier molecular flexibility index (Phi) is 20.8. The second-order valence-electron chi connectivity index (χ2n) is 30.2. The zero-order chi connectivity index (χ0) is 80.6. The van der Waals surface area contributed by atoms with E-state index < -0.39 is 0 Å². The van der Waals surface area contributed by atoms with E-state index in [2.05, 4.69) is 461 Å². The van der Waals surface area contributed by atoms with E-state index in [1.807, 2.05) is 0 Å². The Morgan fingerprint density at radius 1 is 0.107 bits per heavy atom. The molecule has 568 valence electrons. The SMILES string of the molecule is c1ccc(-c2cc(-c3ccccc3)cc(-c3nc(-c4cccc(-c5cccc(-c6ccccc6Sc6ccccc6-c6cccc(-c7cccc(-c8nc(-c9cc(-c%10ccccc%10)cc(-c%10ccccc%10)c9)nc(-c9cc(-c%10ccccc%10)cc(-c%10ccccc%10)c9)n8)c7)c6)c5)c4)nc(-c4cc(-c5ccccc5)cc(-c5ccccc5)c4)n3)c2)cc1. The molecule has 0 aliphatic rings. The van der Waals surface area contributed by atoms with E-state index >= 15 is 0 Å². The van der Waals surface area contributed by atoms with Gasteiger partial charge in [-0.05, 0) is 243 Å². The minimum Gasteiger partial charge on any atom is -0.208 e. The van der Waals surface area contributed by atoms with Gasteiger partial charge in [0.25, 0.3) is 0 Å². The van der Waals surface area contributed by atoms with Crippen molar-refractivity contribution < 1.29 is 0 Å². The van der Waals surface area contributed by atoms with Gasteiger partial charge in [0, 0.05) is 43.2 Å². The molecular formula is C114H76N6S. The Morgan fingerprint density at radius 3 is 0.479 bits per heavy atom. The average molecular weight is 1560 g/mol. The third kappa shape index (κ3) is 16.4. The highest BCUT2D eigenvalue weighted by molar-refractivity contribution is 7.99. The molecule has 20 aromatic rings. The standard InChI is InChI=1S/C114H76N6S/c1-9-33-77(34-10-1)93-65-94(78-35-11-2-12-36-78)70-101(69-93)111-115-109(116-112(119-111)102-71-95(79-37-13-3-14-38-79)66-96(72-102)80-39-15-4-16-40-80)91-55-31-51-87(63-91)85-49-29-53-89(61-85)105-57-25-27-59-107(105)121-108-60-28-26-58-106(108)90-54-30-50-86(62-90)88-52-32-56-92(64-88)110-117-113(103-73-97(81-41-17-5-18-42-81)67-98(74-103)82-43-19-6-20-44-82)120-114(118-110)104-75-99(83-45-21-7-22-46-83)68-100(76-104)84-47-23-8-24-48-84/h1-76H. The highest BCUT2D eigenvalue weighted by atomic mass is 32.2. The number of nitrogens with zero attached hydrogens (tertiary/aromatic N) is 6. The third-order valence-corrected chi connectivity index (χ3v) is 23.3. The van der Waals surface area contributed by atoms with Gasteiger partial charge in [-0.15, -0.1) is 0 Å². The summed E-state index contributed by atoms with van der Waals surface area (Å²) in [6.45, 7) is 0. The van der Waals surface area contributed by atoms with Crippen LogP contribution in [0.1, 0.15) is 0 Å². The van der Waals surface area contributed by atoms with Crippen LogP contribution in [0.4, 0.5) is 0 Å². The lowest BCUT2D eigenvalue weighted by molar-refractivity contribution is 1.07. The minimum absolute atomic E-state index is 0.567. The molecule has 0 N–H and O–H groups in total. The first-order valence-corrected chi connectivity index (χ1v) is 41.6. The molecule has 0 spiro atoms. The van der Waals surface area contributed by atoms with E-state index in [1.165, 1.54) is 0 Å².